The first-order chi connectivity index (χ1) is 8.63. The minimum Gasteiger partial charge on any atom is -0.381 e. The standard InChI is InChI=1S/C14H25N3O/c1-5-15-10(2)14-11(3)16-17(12(14)4)8-13-6-7-18-9-13/h10,13,15H,5-9H2,1-4H3. The van der Waals surface area contributed by atoms with Crippen molar-refractivity contribution in [3.05, 3.63) is 17.0 Å². The number of nitrogens with zero attached hydrogens (tertiary/aromatic N) is 2. The average Bonchev–Trinajstić information content (AvgIpc) is 2.89. The number of nitrogens with one attached hydrogen (secondary N) is 1. The molecule has 1 aliphatic rings. The molecule has 2 unspecified atom stereocenters. The van der Waals surface area contributed by atoms with E-state index in [1.54, 1.807) is 0 Å². The van der Waals surface area contributed by atoms with E-state index in [1.165, 1.54) is 11.3 Å². The molecule has 1 saturated heterocycles. The maximum atomic E-state index is 5.44. The Kier molecular flexibility index (Phi) is 4.40. The van der Waals surface area contributed by atoms with Crippen LogP contribution in [0, 0.1) is 19.8 Å². The first-order valence-electron chi connectivity index (χ1n) is 6.98. The first-order valence-corrected chi connectivity index (χ1v) is 6.98. The fourth-order valence-electron chi connectivity index (χ4n) is 2.90. The number of hydrogen-bond donors (Lipinski definition) is 1. The number of ether oxygens (including phenoxy) is 1. The molecule has 0 aliphatic carbocycles. The molecule has 0 spiro atoms. The largest absolute Gasteiger partial charge is 0.381 e. The molecular weight excluding hydrogens is 226 g/mol. The monoisotopic (exact) mass is 251 g/mol. The molecule has 0 radical (unpaired) electrons. The number of aryl methyl sites for hydroxylation is 1. The topological polar surface area (TPSA) is 39.1 Å². The highest BCUT2D eigenvalue weighted by Crippen LogP contribution is 2.23. The van der Waals surface area contributed by atoms with E-state index < -0.39 is 0 Å². The maximum Gasteiger partial charge on any atom is 0.0644 e. The van der Waals surface area contributed by atoms with Crippen molar-refractivity contribution in [3.63, 3.8) is 0 Å². The van der Waals surface area contributed by atoms with Gasteiger partial charge in [-0.05, 0) is 33.7 Å². The van der Waals surface area contributed by atoms with E-state index in [4.69, 9.17) is 9.84 Å². The summed E-state index contributed by atoms with van der Waals surface area (Å²) in [5.74, 6) is 0.630. The van der Waals surface area contributed by atoms with Gasteiger partial charge in [0.05, 0.1) is 12.3 Å². The van der Waals surface area contributed by atoms with Gasteiger partial charge in [-0.3, -0.25) is 4.68 Å². The lowest BCUT2D eigenvalue weighted by Crippen LogP contribution is -2.19. The van der Waals surface area contributed by atoms with Crippen molar-refractivity contribution >= 4 is 0 Å². The van der Waals surface area contributed by atoms with Gasteiger partial charge >= 0.3 is 0 Å². The molecule has 2 atom stereocenters. The Morgan fingerprint density at radius 1 is 1.50 bits per heavy atom. The summed E-state index contributed by atoms with van der Waals surface area (Å²) >= 11 is 0. The summed E-state index contributed by atoms with van der Waals surface area (Å²) in [5.41, 5.74) is 3.81. The molecule has 1 aliphatic heterocycles. The Labute approximate surface area is 110 Å². The van der Waals surface area contributed by atoms with Gasteiger partial charge in [0.2, 0.25) is 0 Å². The maximum absolute atomic E-state index is 5.44. The van der Waals surface area contributed by atoms with Crippen LogP contribution in [0.3, 0.4) is 0 Å². The molecule has 1 N–H and O–H groups in total. The highest BCUT2D eigenvalue weighted by molar-refractivity contribution is 5.27. The second-order valence-corrected chi connectivity index (χ2v) is 5.28. The SMILES string of the molecule is CCNC(C)c1c(C)nn(CC2CCOC2)c1C. The summed E-state index contributed by atoms with van der Waals surface area (Å²) in [7, 11) is 0. The van der Waals surface area contributed by atoms with Gasteiger partial charge in [0.15, 0.2) is 0 Å². The van der Waals surface area contributed by atoms with Crippen LogP contribution in [0.25, 0.3) is 0 Å². The van der Waals surface area contributed by atoms with Gasteiger partial charge in [0.25, 0.3) is 0 Å². The summed E-state index contributed by atoms with van der Waals surface area (Å²) in [6.45, 7) is 12.4. The second kappa shape index (κ2) is 5.85. The van der Waals surface area contributed by atoms with Crippen molar-refractivity contribution in [3.8, 4) is 0 Å². The zero-order valence-corrected chi connectivity index (χ0v) is 12.0. The van der Waals surface area contributed by atoms with E-state index in [0.717, 1.165) is 38.4 Å². The lowest BCUT2D eigenvalue weighted by molar-refractivity contribution is 0.181. The van der Waals surface area contributed by atoms with Gasteiger partial charge in [-0.25, -0.2) is 0 Å². The van der Waals surface area contributed by atoms with Crippen molar-refractivity contribution in [1.82, 2.24) is 15.1 Å². The minimum atomic E-state index is 0.378. The van der Waals surface area contributed by atoms with Crippen LogP contribution in [-0.2, 0) is 11.3 Å². The molecule has 1 aromatic rings. The third-order valence-corrected chi connectivity index (χ3v) is 3.84. The predicted molar refractivity (Wildman–Crippen MR) is 72.7 cm³/mol. The Balaban J connectivity index is 2.14. The van der Waals surface area contributed by atoms with Crippen molar-refractivity contribution in [2.75, 3.05) is 19.8 Å². The van der Waals surface area contributed by atoms with E-state index in [-0.39, 0.29) is 0 Å². The van der Waals surface area contributed by atoms with Crippen molar-refractivity contribution in [1.29, 1.82) is 0 Å². The van der Waals surface area contributed by atoms with E-state index in [0.29, 0.717) is 12.0 Å². The number of hydrogen-bond acceptors (Lipinski definition) is 3. The number of rotatable bonds is 5. The van der Waals surface area contributed by atoms with Crippen LogP contribution < -0.4 is 5.32 Å². The summed E-state index contributed by atoms with van der Waals surface area (Å²) < 4.78 is 7.60. The Bertz CT molecular complexity index is 394. The van der Waals surface area contributed by atoms with Crippen LogP contribution in [0.15, 0.2) is 0 Å². The zero-order chi connectivity index (χ0) is 13.1. The molecule has 4 heteroatoms. The summed E-state index contributed by atoms with van der Waals surface area (Å²) in [4.78, 5) is 0. The zero-order valence-electron chi connectivity index (χ0n) is 12.0. The Hall–Kier alpha value is -0.870. The Morgan fingerprint density at radius 3 is 2.89 bits per heavy atom. The predicted octanol–water partition coefficient (Wildman–Crippen LogP) is 2.21. The Morgan fingerprint density at radius 2 is 2.28 bits per heavy atom. The molecule has 18 heavy (non-hydrogen) atoms. The summed E-state index contributed by atoms with van der Waals surface area (Å²) in [6, 6.07) is 0.378. The van der Waals surface area contributed by atoms with Crippen LogP contribution >= 0.6 is 0 Å². The van der Waals surface area contributed by atoms with Crippen LogP contribution in [0.4, 0.5) is 0 Å². The quantitative estimate of drug-likeness (QED) is 0.872. The highest BCUT2D eigenvalue weighted by Gasteiger charge is 2.21. The fourth-order valence-corrected chi connectivity index (χ4v) is 2.90. The fraction of sp³-hybridized carbons (Fsp3) is 0.786. The van der Waals surface area contributed by atoms with Crippen molar-refractivity contribution < 1.29 is 4.74 Å². The molecule has 0 saturated carbocycles. The molecule has 0 bridgehead atoms. The lowest BCUT2D eigenvalue weighted by Gasteiger charge is -2.14. The summed E-state index contributed by atoms with van der Waals surface area (Å²) in [5, 5.41) is 8.17. The van der Waals surface area contributed by atoms with Crippen LogP contribution in [0.2, 0.25) is 0 Å². The third kappa shape index (κ3) is 2.75. The summed E-state index contributed by atoms with van der Waals surface area (Å²) in [6.07, 6.45) is 1.16. The molecule has 1 aromatic heterocycles. The minimum absolute atomic E-state index is 0.378. The van der Waals surface area contributed by atoms with E-state index >= 15 is 0 Å². The molecule has 2 heterocycles. The molecule has 0 amide bonds. The van der Waals surface area contributed by atoms with Crippen molar-refractivity contribution in [2.45, 2.75) is 46.7 Å². The lowest BCUT2D eigenvalue weighted by atomic mass is 10.1. The molecule has 4 nitrogen and oxygen atoms in total. The molecule has 102 valence electrons. The van der Waals surface area contributed by atoms with Gasteiger partial charge in [-0.1, -0.05) is 6.92 Å². The smallest absolute Gasteiger partial charge is 0.0644 e. The second-order valence-electron chi connectivity index (χ2n) is 5.28. The third-order valence-electron chi connectivity index (χ3n) is 3.84. The van der Waals surface area contributed by atoms with Crippen LogP contribution in [0.5, 0.6) is 0 Å². The van der Waals surface area contributed by atoms with Gasteiger partial charge in [0, 0.05) is 36.4 Å². The average molecular weight is 251 g/mol. The highest BCUT2D eigenvalue weighted by atomic mass is 16.5. The molecular formula is C14H25N3O. The molecule has 0 aromatic carbocycles. The van der Waals surface area contributed by atoms with Gasteiger partial charge < -0.3 is 10.1 Å². The molecule has 1 fully saturated rings. The van der Waals surface area contributed by atoms with E-state index in [9.17, 15) is 0 Å². The van der Waals surface area contributed by atoms with E-state index in [1.807, 2.05) is 0 Å². The van der Waals surface area contributed by atoms with Crippen molar-refractivity contribution in [2.24, 2.45) is 5.92 Å². The first kappa shape index (κ1) is 13.6. The van der Waals surface area contributed by atoms with Gasteiger partial charge in [0.1, 0.15) is 0 Å². The van der Waals surface area contributed by atoms with Crippen LogP contribution in [0.1, 0.15) is 43.3 Å². The molecule has 2 rings (SSSR count). The van der Waals surface area contributed by atoms with Gasteiger partial charge in [-0.2, -0.15) is 5.10 Å². The van der Waals surface area contributed by atoms with Gasteiger partial charge in [-0.15, -0.1) is 0 Å². The van der Waals surface area contributed by atoms with Crippen LogP contribution in [-0.4, -0.2) is 29.5 Å². The van der Waals surface area contributed by atoms with E-state index in [2.05, 4.69) is 37.7 Å². The normalized spacial score (nSPS) is 21.4. The number of aromatic nitrogens is 2.